The molecule has 0 aliphatic carbocycles. The molecule has 0 heterocycles. The fourth-order valence-corrected chi connectivity index (χ4v) is 2.00. The molecule has 6 nitrogen and oxygen atoms in total. The number of carbonyl (C=O) groups is 1. The third-order valence-corrected chi connectivity index (χ3v) is 3.34. The van der Waals surface area contributed by atoms with E-state index in [1.54, 1.807) is 0 Å². The van der Waals surface area contributed by atoms with Crippen molar-refractivity contribution in [1.29, 1.82) is 5.26 Å². The molecule has 0 atom stereocenters. The zero-order chi connectivity index (χ0) is 15.8. The lowest BCUT2D eigenvalue weighted by Gasteiger charge is -2.18. The number of nitriles is 1. The van der Waals surface area contributed by atoms with Gasteiger partial charge in [0.05, 0.1) is 23.9 Å². The number of likely N-dealkylation sites (N-methyl/N-ethyl adjacent to an activating group) is 1. The van der Waals surface area contributed by atoms with E-state index in [1.807, 2.05) is 6.07 Å². The Morgan fingerprint density at radius 1 is 1.43 bits per heavy atom. The molecule has 1 aromatic carbocycles. The number of rotatable bonds is 7. The molecular weight excluding hydrogens is 268 g/mol. The third-order valence-electron chi connectivity index (χ3n) is 3.34. The molecule has 0 aromatic heterocycles. The average molecular weight is 290 g/mol. The maximum atomic E-state index is 12.2. The number of nitrogen functional groups attached to an aromatic ring is 1. The lowest BCUT2D eigenvalue weighted by atomic mass is 10.1. The number of benzene rings is 1. The second-order valence-electron chi connectivity index (χ2n) is 4.53. The highest BCUT2D eigenvalue weighted by Gasteiger charge is 2.15. The molecule has 0 aliphatic heterocycles. The van der Waals surface area contributed by atoms with Gasteiger partial charge in [0.25, 0.3) is 5.91 Å². The molecule has 1 aromatic rings. The van der Waals surface area contributed by atoms with Crippen molar-refractivity contribution in [3.05, 3.63) is 23.3 Å². The molecular formula is C15H22N4O2. The number of ether oxygens (including phenoxy) is 1. The Morgan fingerprint density at radius 3 is 2.62 bits per heavy atom. The molecule has 0 spiro atoms. The van der Waals surface area contributed by atoms with Gasteiger partial charge in [0.15, 0.2) is 0 Å². The molecule has 0 aliphatic rings. The summed E-state index contributed by atoms with van der Waals surface area (Å²) in [6.07, 6.45) is 0. The Bertz CT molecular complexity index is 533. The van der Waals surface area contributed by atoms with Gasteiger partial charge in [-0.3, -0.25) is 4.79 Å². The Morgan fingerprint density at radius 2 is 2.10 bits per heavy atom. The summed E-state index contributed by atoms with van der Waals surface area (Å²) in [5.41, 5.74) is 6.60. The van der Waals surface area contributed by atoms with E-state index < -0.39 is 0 Å². The fourth-order valence-electron chi connectivity index (χ4n) is 2.00. The van der Waals surface area contributed by atoms with E-state index in [-0.39, 0.29) is 11.5 Å². The second kappa shape index (κ2) is 8.12. The van der Waals surface area contributed by atoms with Gasteiger partial charge >= 0.3 is 0 Å². The van der Waals surface area contributed by atoms with E-state index >= 15 is 0 Å². The van der Waals surface area contributed by atoms with Crippen molar-refractivity contribution in [2.45, 2.75) is 13.8 Å². The first-order valence-corrected chi connectivity index (χ1v) is 6.95. The van der Waals surface area contributed by atoms with Crippen LogP contribution in [0.4, 0.5) is 5.69 Å². The zero-order valence-electron chi connectivity index (χ0n) is 12.8. The highest BCUT2D eigenvalue weighted by atomic mass is 16.5. The average Bonchev–Trinajstić information content (AvgIpc) is 2.50. The number of nitrogens with two attached hydrogens (primary N) is 1. The SMILES string of the molecule is CCN(CC)CCNC(=O)c1cc(C#N)c(N)cc1OC. The van der Waals surface area contributed by atoms with Crippen LogP contribution in [0.2, 0.25) is 0 Å². The van der Waals surface area contributed by atoms with Gasteiger partial charge in [-0.15, -0.1) is 0 Å². The van der Waals surface area contributed by atoms with Crippen molar-refractivity contribution in [1.82, 2.24) is 10.2 Å². The van der Waals surface area contributed by atoms with Crippen LogP contribution in [-0.2, 0) is 0 Å². The quantitative estimate of drug-likeness (QED) is 0.737. The van der Waals surface area contributed by atoms with Gasteiger partial charge in [-0.05, 0) is 19.2 Å². The maximum absolute atomic E-state index is 12.2. The van der Waals surface area contributed by atoms with Crippen molar-refractivity contribution in [3.63, 3.8) is 0 Å². The lowest BCUT2D eigenvalue weighted by Crippen LogP contribution is -2.35. The Kier molecular flexibility index (Phi) is 6.50. The van der Waals surface area contributed by atoms with E-state index in [0.717, 1.165) is 19.6 Å². The molecule has 0 radical (unpaired) electrons. The molecule has 0 bridgehead atoms. The summed E-state index contributed by atoms with van der Waals surface area (Å²) in [7, 11) is 1.47. The highest BCUT2D eigenvalue weighted by molar-refractivity contribution is 5.98. The summed E-state index contributed by atoms with van der Waals surface area (Å²) in [4.78, 5) is 14.4. The Balaban J connectivity index is 2.80. The van der Waals surface area contributed by atoms with Crippen LogP contribution in [0.25, 0.3) is 0 Å². The molecule has 3 N–H and O–H groups in total. The summed E-state index contributed by atoms with van der Waals surface area (Å²) in [6, 6.07) is 4.92. The normalized spacial score (nSPS) is 10.2. The lowest BCUT2D eigenvalue weighted by molar-refractivity contribution is 0.0946. The summed E-state index contributed by atoms with van der Waals surface area (Å²) in [5, 5.41) is 11.8. The third kappa shape index (κ3) is 4.36. The number of hydrogen-bond acceptors (Lipinski definition) is 5. The summed E-state index contributed by atoms with van der Waals surface area (Å²) in [6.45, 7) is 7.35. The number of nitrogens with zero attached hydrogens (tertiary/aromatic N) is 2. The maximum Gasteiger partial charge on any atom is 0.255 e. The van der Waals surface area contributed by atoms with Crippen molar-refractivity contribution >= 4 is 11.6 Å². The standard InChI is InChI=1S/C15H22N4O2/c1-4-19(5-2)7-6-18-15(20)12-8-11(10-16)13(17)9-14(12)21-3/h8-9H,4-7,17H2,1-3H3,(H,18,20). The second-order valence-corrected chi connectivity index (χ2v) is 4.53. The van der Waals surface area contributed by atoms with Crippen molar-refractivity contribution in [3.8, 4) is 11.8 Å². The Labute approximate surface area is 125 Å². The smallest absolute Gasteiger partial charge is 0.255 e. The van der Waals surface area contributed by atoms with Crippen LogP contribution >= 0.6 is 0 Å². The number of hydrogen-bond donors (Lipinski definition) is 2. The largest absolute Gasteiger partial charge is 0.496 e. The van der Waals surface area contributed by atoms with Gasteiger partial charge in [-0.2, -0.15) is 5.26 Å². The molecule has 114 valence electrons. The molecule has 0 saturated carbocycles. The summed E-state index contributed by atoms with van der Waals surface area (Å²) in [5.74, 6) is 0.0994. The van der Waals surface area contributed by atoms with E-state index in [0.29, 0.717) is 23.5 Å². The monoisotopic (exact) mass is 290 g/mol. The first-order valence-electron chi connectivity index (χ1n) is 6.95. The predicted octanol–water partition coefficient (Wildman–Crippen LogP) is 1.22. The van der Waals surface area contributed by atoms with Crippen molar-refractivity contribution in [2.24, 2.45) is 0 Å². The van der Waals surface area contributed by atoms with Gasteiger partial charge in [0.2, 0.25) is 0 Å². The van der Waals surface area contributed by atoms with E-state index in [4.69, 9.17) is 15.7 Å². The van der Waals surface area contributed by atoms with Crippen LogP contribution in [0.5, 0.6) is 5.75 Å². The van der Waals surface area contributed by atoms with Gasteiger partial charge in [0, 0.05) is 19.2 Å². The molecule has 0 unspecified atom stereocenters. The number of carbonyl (C=O) groups excluding carboxylic acids is 1. The molecule has 0 saturated heterocycles. The molecule has 1 amide bonds. The first-order chi connectivity index (χ1) is 10.1. The van der Waals surface area contributed by atoms with Gasteiger partial charge in [-0.25, -0.2) is 0 Å². The van der Waals surface area contributed by atoms with Crippen molar-refractivity contribution in [2.75, 3.05) is 39.0 Å². The summed E-state index contributed by atoms with van der Waals surface area (Å²) < 4.78 is 5.16. The van der Waals surface area contributed by atoms with E-state index in [1.165, 1.54) is 19.2 Å². The minimum Gasteiger partial charge on any atom is -0.496 e. The topological polar surface area (TPSA) is 91.4 Å². The van der Waals surface area contributed by atoms with Gasteiger partial charge < -0.3 is 20.7 Å². The molecule has 0 fully saturated rings. The van der Waals surface area contributed by atoms with E-state index in [2.05, 4.69) is 24.1 Å². The molecule has 1 rings (SSSR count). The van der Waals surface area contributed by atoms with Gasteiger partial charge in [-0.1, -0.05) is 13.8 Å². The molecule has 21 heavy (non-hydrogen) atoms. The van der Waals surface area contributed by atoms with Crippen LogP contribution in [-0.4, -0.2) is 44.1 Å². The minimum atomic E-state index is -0.268. The van der Waals surface area contributed by atoms with Crippen LogP contribution < -0.4 is 15.8 Å². The highest BCUT2D eigenvalue weighted by Crippen LogP contribution is 2.24. The van der Waals surface area contributed by atoms with Crippen LogP contribution in [0.3, 0.4) is 0 Å². The zero-order valence-corrected chi connectivity index (χ0v) is 12.8. The predicted molar refractivity (Wildman–Crippen MR) is 82.2 cm³/mol. The van der Waals surface area contributed by atoms with Crippen LogP contribution in [0.15, 0.2) is 12.1 Å². The fraction of sp³-hybridized carbons (Fsp3) is 0.467. The number of methoxy groups -OCH3 is 1. The van der Waals surface area contributed by atoms with Gasteiger partial charge in [0.1, 0.15) is 11.8 Å². The van der Waals surface area contributed by atoms with Crippen molar-refractivity contribution < 1.29 is 9.53 Å². The number of nitrogens with one attached hydrogen (secondary N) is 1. The van der Waals surface area contributed by atoms with Crippen LogP contribution in [0.1, 0.15) is 29.8 Å². The summed E-state index contributed by atoms with van der Waals surface area (Å²) >= 11 is 0. The number of amides is 1. The van der Waals surface area contributed by atoms with E-state index in [9.17, 15) is 4.79 Å². The molecule has 6 heteroatoms. The van der Waals surface area contributed by atoms with Crippen LogP contribution in [0, 0.1) is 11.3 Å². The Hall–Kier alpha value is -2.26. The minimum absolute atomic E-state index is 0.268. The number of anilines is 1. The first kappa shape index (κ1) is 16.8.